The first-order chi connectivity index (χ1) is 15.0. The van der Waals surface area contributed by atoms with E-state index in [0.29, 0.717) is 21.6 Å². The minimum Gasteiger partial charge on any atom is -0.506 e. The zero-order valence-electron chi connectivity index (χ0n) is 16.0. The van der Waals surface area contributed by atoms with Crippen LogP contribution in [0.3, 0.4) is 0 Å². The molecule has 0 saturated carbocycles. The van der Waals surface area contributed by atoms with Crippen molar-refractivity contribution in [3.63, 3.8) is 0 Å². The summed E-state index contributed by atoms with van der Waals surface area (Å²) >= 11 is 6.88. The first kappa shape index (κ1) is 19.8. The van der Waals surface area contributed by atoms with Crippen molar-refractivity contribution in [1.82, 2.24) is 20.6 Å². The zero-order chi connectivity index (χ0) is 21.5. The number of carbonyl (C=O) groups excluding carboxylic acids is 1. The molecule has 0 bridgehead atoms. The summed E-state index contributed by atoms with van der Waals surface area (Å²) in [7, 11) is 0. The van der Waals surface area contributed by atoms with Gasteiger partial charge in [0.1, 0.15) is 11.6 Å². The number of aromatic amines is 1. The normalized spacial score (nSPS) is 16.3. The molecule has 8 heteroatoms. The van der Waals surface area contributed by atoms with Crippen molar-refractivity contribution in [2.24, 2.45) is 0 Å². The fraction of sp³-hybridized carbons (Fsp3) is 0.0435. The molecular weight excluding hydrogens is 524 g/mol. The highest BCUT2D eigenvalue weighted by Crippen LogP contribution is 2.43. The highest BCUT2D eigenvalue weighted by Gasteiger charge is 2.34. The molecule has 1 unspecified atom stereocenters. The van der Waals surface area contributed by atoms with Crippen LogP contribution in [0.4, 0.5) is 4.79 Å². The molecule has 2 amide bonds. The summed E-state index contributed by atoms with van der Waals surface area (Å²) in [5, 5.41) is 16.7. The lowest BCUT2D eigenvalue weighted by Crippen LogP contribution is -2.43. The van der Waals surface area contributed by atoms with Crippen LogP contribution >= 0.6 is 31.9 Å². The van der Waals surface area contributed by atoms with Crippen molar-refractivity contribution in [2.75, 3.05) is 0 Å². The van der Waals surface area contributed by atoms with Crippen LogP contribution in [-0.4, -0.2) is 21.1 Å². The lowest BCUT2D eigenvalue weighted by molar-refractivity contribution is 0.242. The highest BCUT2D eigenvalue weighted by atomic mass is 79.9. The number of urea groups is 1. The Labute approximate surface area is 194 Å². The molecule has 4 N–H and O–H groups in total. The molecule has 31 heavy (non-hydrogen) atoms. The Morgan fingerprint density at radius 1 is 0.968 bits per heavy atom. The number of nitrogens with zero attached hydrogens (tertiary/aromatic N) is 1. The molecule has 4 aromatic rings. The Hall–Kier alpha value is -3.10. The Bertz CT molecular complexity index is 1320. The number of H-pyrrole nitrogens is 1. The quantitative estimate of drug-likeness (QED) is 0.268. The maximum Gasteiger partial charge on any atom is 0.320 e. The number of phenols is 1. The number of hydrogen-bond acceptors (Lipinski definition) is 3. The van der Waals surface area contributed by atoms with Gasteiger partial charge in [-0.3, -0.25) is 0 Å². The summed E-state index contributed by atoms with van der Waals surface area (Å²) in [5.74, 6) is 0.657. The van der Waals surface area contributed by atoms with Crippen LogP contribution in [0.15, 0.2) is 75.7 Å². The van der Waals surface area contributed by atoms with Crippen LogP contribution in [0.2, 0.25) is 0 Å². The van der Waals surface area contributed by atoms with E-state index in [-0.39, 0.29) is 11.8 Å². The van der Waals surface area contributed by atoms with Gasteiger partial charge in [0.2, 0.25) is 0 Å². The number of phenolic OH excluding ortho intramolecular Hbond substituents is 1. The fourth-order valence-corrected chi connectivity index (χ4v) is 5.03. The lowest BCUT2D eigenvalue weighted by Gasteiger charge is -2.30. The molecule has 0 spiro atoms. The summed E-state index contributed by atoms with van der Waals surface area (Å²) in [5.41, 5.74) is 4.43. The van der Waals surface area contributed by atoms with Gasteiger partial charge in [0, 0.05) is 15.6 Å². The zero-order valence-corrected chi connectivity index (χ0v) is 19.2. The second kappa shape index (κ2) is 7.86. The van der Waals surface area contributed by atoms with Crippen molar-refractivity contribution in [1.29, 1.82) is 0 Å². The molecule has 1 atom stereocenters. The molecule has 6 nitrogen and oxygen atoms in total. The second-order valence-electron chi connectivity index (χ2n) is 7.11. The molecule has 154 valence electrons. The van der Waals surface area contributed by atoms with Crippen LogP contribution in [0.1, 0.15) is 23.0 Å². The summed E-state index contributed by atoms with van der Waals surface area (Å²) in [6.45, 7) is 0. The van der Waals surface area contributed by atoms with Gasteiger partial charge >= 0.3 is 6.03 Å². The first-order valence-electron chi connectivity index (χ1n) is 9.51. The number of benzene rings is 3. The minimum atomic E-state index is -0.640. The van der Waals surface area contributed by atoms with Gasteiger partial charge in [0.05, 0.1) is 27.2 Å². The topological polar surface area (TPSA) is 90.0 Å². The predicted octanol–water partition coefficient (Wildman–Crippen LogP) is 5.72. The third kappa shape index (κ3) is 3.62. The predicted molar refractivity (Wildman–Crippen MR) is 127 cm³/mol. The average Bonchev–Trinajstić information content (AvgIpc) is 3.20. The number of nitrogens with one attached hydrogen (secondary N) is 3. The van der Waals surface area contributed by atoms with E-state index in [1.54, 1.807) is 12.1 Å². The van der Waals surface area contributed by atoms with Gasteiger partial charge < -0.3 is 20.7 Å². The minimum absolute atomic E-state index is 0.0522. The van der Waals surface area contributed by atoms with Gasteiger partial charge in [-0.1, -0.05) is 58.4 Å². The largest absolute Gasteiger partial charge is 0.506 e. The van der Waals surface area contributed by atoms with Gasteiger partial charge in [-0.15, -0.1) is 0 Å². The molecule has 2 heterocycles. The van der Waals surface area contributed by atoms with E-state index in [9.17, 15) is 9.90 Å². The van der Waals surface area contributed by atoms with E-state index in [4.69, 9.17) is 4.98 Å². The summed E-state index contributed by atoms with van der Waals surface area (Å²) < 4.78 is 1.29. The number of rotatable bonds is 3. The SMILES string of the molecule is O=C1NC(c2ccccc2)=C(c2nc3ccccc3[nH]2)C(c2cc(Br)cc(Br)c2O)N1. The van der Waals surface area contributed by atoms with E-state index in [2.05, 4.69) is 47.5 Å². The first-order valence-corrected chi connectivity index (χ1v) is 11.1. The Kier molecular flexibility index (Phi) is 5.03. The number of fused-ring (bicyclic) bond motifs is 1. The van der Waals surface area contributed by atoms with E-state index in [0.717, 1.165) is 26.6 Å². The molecular formula is C23H16Br2N4O2. The molecule has 0 radical (unpaired) electrons. The average molecular weight is 540 g/mol. The molecule has 3 aromatic carbocycles. The van der Waals surface area contributed by atoms with Gasteiger partial charge in [-0.2, -0.15) is 0 Å². The Balaban J connectivity index is 1.81. The molecule has 0 fully saturated rings. The number of para-hydroxylation sites is 2. The molecule has 5 rings (SSSR count). The third-order valence-electron chi connectivity index (χ3n) is 5.15. The molecule has 1 aliphatic heterocycles. The van der Waals surface area contributed by atoms with Crippen molar-refractivity contribution in [3.05, 3.63) is 92.6 Å². The number of hydrogen-bond donors (Lipinski definition) is 4. The summed E-state index contributed by atoms with van der Waals surface area (Å²) in [6, 6.07) is 19.9. The van der Waals surface area contributed by atoms with Gasteiger partial charge in [-0.05, 0) is 45.8 Å². The summed E-state index contributed by atoms with van der Waals surface area (Å²) in [4.78, 5) is 20.8. The van der Waals surface area contributed by atoms with Crippen LogP contribution in [0.25, 0.3) is 22.3 Å². The van der Waals surface area contributed by atoms with Crippen molar-refractivity contribution < 1.29 is 9.90 Å². The van der Waals surface area contributed by atoms with Gasteiger partial charge in [-0.25, -0.2) is 9.78 Å². The van der Waals surface area contributed by atoms with E-state index in [1.165, 1.54) is 0 Å². The van der Waals surface area contributed by atoms with Crippen molar-refractivity contribution >= 4 is 60.2 Å². The fourth-order valence-electron chi connectivity index (χ4n) is 3.77. The van der Waals surface area contributed by atoms with E-state index < -0.39 is 6.04 Å². The molecule has 1 aromatic heterocycles. The maximum atomic E-state index is 12.7. The Morgan fingerprint density at radius 2 is 1.71 bits per heavy atom. The number of halogens is 2. The smallest absolute Gasteiger partial charge is 0.320 e. The van der Waals surface area contributed by atoms with Crippen molar-refractivity contribution in [2.45, 2.75) is 6.04 Å². The monoisotopic (exact) mass is 538 g/mol. The second-order valence-corrected chi connectivity index (χ2v) is 8.88. The van der Waals surface area contributed by atoms with Gasteiger partial charge in [0.15, 0.2) is 0 Å². The molecule has 1 aliphatic rings. The van der Waals surface area contributed by atoms with E-state index in [1.807, 2.05) is 54.6 Å². The molecule has 0 aliphatic carbocycles. The van der Waals surface area contributed by atoms with Crippen LogP contribution in [0, 0.1) is 0 Å². The number of carbonyl (C=O) groups is 1. The third-order valence-corrected chi connectivity index (χ3v) is 6.21. The maximum absolute atomic E-state index is 12.7. The number of aromatic nitrogens is 2. The van der Waals surface area contributed by atoms with Crippen LogP contribution < -0.4 is 10.6 Å². The van der Waals surface area contributed by atoms with Crippen LogP contribution in [-0.2, 0) is 0 Å². The summed E-state index contributed by atoms with van der Waals surface area (Å²) in [6.07, 6.45) is 0. The van der Waals surface area contributed by atoms with Crippen LogP contribution in [0.5, 0.6) is 5.75 Å². The molecule has 0 saturated heterocycles. The standard InChI is InChI=1S/C23H16Br2N4O2/c24-13-10-14(21(30)15(25)11-13)20-18(22-26-16-8-4-5-9-17(16)27-22)19(28-23(31)29-20)12-6-2-1-3-7-12/h1-11,20,30H,(H,26,27)(H2,28,29,31). The van der Waals surface area contributed by atoms with Crippen molar-refractivity contribution in [3.8, 4) is 5.75 Å². The lowest BCUT2D eigenvalue weighted by atomic mass is 9.91. The van der Waals surface area contributed by atoms with E-state index >= 15 is 0 Å². The Morgan fingerprint density at radius 3 is 2.48 bits per heavy atom. The number of aromatic hydroxyl groups is 1. The highest BCUT2D eigenvalue weighted by molar-refractivity contribution is 9.11. The van der Waals surface area contributed by atoms with Gasteiger partial charge in [0.25, 0.3) is 0 Å². The number of imidazole rings is 1. The number of amides is 2.